The van der Waals surface area contributed by atoms with E-state index in [1.807, 2.05) is 0 Å². The molecule has 0 aromatic heterocycles. The summed E-state index contributed by atoms with van der Waals surface area (Å²) < 4.78 is 0. The molecule has 0 atom stereocenters. The maximum atomic E-state index is 11.3. The Labute approximate surface area is 118 Å². The molecule has 0 saturated heterocycles. The van der Waals surface area contributed by atoms with Crippen molar-refractivity contribution in [2.45, 2.75) is 44.9 Å². The van der Waals surface area contributed by atoms with E-state index in [0.29, 0.717) is 17.9 Å². The lowest BCUT2D eigenvalue weighted by molar-refractivity contribution is 0.0695. The summed E-state index contributed by atoms with van der Waals surface area (Å²) >= 11 is 0. The Kier molecular flexibility index (Phi) is 4.77. The molecule has 0 bridgehead atoms. The number of carboxylic acids is 2. The van der Waals surface area contributed by atoms with Gasteiger partial charge in [-0.3, -0.25) is 0 Å². The lowest BCUT2D eigenvalue weighted by Gasteiger charge is -2.22. The molecule has 0 heterocycles. The van der Waals surface area contributed by atoms with E-state index in [0.717, 1.165) is 6.42 Å². The highest BCUT2D eigenvalue weighted by Gasteiger charge is 2.20. The molecule has 108 valence electrons. The van der Waals surface area contributed by atoms with Crippen molar-refractivity contribution < 1.29 is 19.8 Å². The SMILES string of the molecule is O=C(O)c1cccc(C(=O)O)c1CCC1CCCCC1. The molecule has 0 unspecified atom stereocenters. The van der Waals surface area contributed by atoms with Gasteiger partial charge < -0.3 is 10.2 Å². The van der Waals surface area contributed by atoms with Gasteiger partial charge in [0.1, 0.15) is 0 Å². The van der Waals surface area contributed by atoms with Gasteiger partial charge in [0.05, 0.1) is 11.1 Å². The van der Waals surface area contributed by atoms with Crippen LogP contribution in [0.1, 0.15) is 64.8 Å². The first-order valence-corrected chi connectivity index (χ1v) is 7.18. The van der Waals surface area contributed by atoms with Crippen LogP contribution >= 0.6 is 0 Å². The summed E-state index contributed by atoms with van der Waals surface area (Å²) in [6.45, 7) is 0. The lowest BCUT2D eigenvalue weighted by Crippen LogP contribution is -2.13. The Bertz CT molecular complexity index is 469. The van der Waals surface area contributed by atoms with E-state index in [-0.39, 0.29) is 11.1 Å². The predicted octanol–water partition coefficient (Wildman–Crippen LogP) is 3.60. The molecule has 1 fully saturated rings. The van der Waals surface area contributed by atoms with Crippen LogP contribution in [0.25, 0.3) is 0 Å². The molecule has 1 aromatic carbocycles. The normalized spacial score (nSPS) is 16.0. The van der Waals surface area contributed by atoms with E-state index in [2.05, 4.69) is 0 Å². The largest absolute Gasteiger partial charge is 0.478 e. The maximum absolute atomic E-state index is 11.3. The third-order valence-corrected chi connectivity index (χ3v) is 4.16. The zero-order valence-corrected chi connectivity index (χ0v) is 11.5. The number of rotatable bonds is 5. The molecule has 2 rings (SSSR count). The van der Waals surface area contributed by atoms with E-state index in [1.165, 1.54) is 50.3 Å². The molecule has 1 aromatic rings. The van der Waals surface area contributed by atoms with Gasteiger partial charge in [-0.1, -0.05) is 38.2 Å². The quantitative estimate of drug-likeness (QED) is 0.861. The predicted molar refractivity (Wildman–Crippen MR) is 75.3 cm³/mol. The minimum atomic E-state index is -1.05. The number of carboxylic acid groups (broad SMARTS) is 2. The first-order valence-electron chi connectivity index (χ1n) is 7.18. The van der Waals surface area contributed by atoms with Gasteiger partial charge in [0, 0.05) is 0 Å². The minimum Gasteiger partial charge on any atom is -0.478 e. The number of carbonyl (C=O) groups is 2. The van der Waals surface area contributed by atoms with Crippen LogP contribution in [0.2, 0.25) is 0 Å². The lowest BCUT2D eigenvalue weighted by atomic mass is 9.84. The van der Waals surface area contributed by atoms with Gasteiger partial charge >= 0.3 is 11.9 Å². The van der Waals surface area contributed by atoms with E-state index < -0.39 is 11.9 Å². The third-order valence-electron chi connectivity index (χ3n) is 4.16. The van der Waals surface area contributed by atoms with Crippen LogP contribution in [0.3, 0.4) is 0 Å². The Hall–Kier alpha value is -1.84. The number of benzene rings is 1. The second-order valence-corrected chi connectivity index (χ2v) is 5.48. The van der Waals surface area contributed by atoms with Crippen molar-refractivity contribution in [3.05, 3.63) is 34.9 Å². The third kappa shape index (κ3) is 3.38. The molecule has 0 amide bonds. The van der Waals surface area contributed by atoms with Crippen molar-refractivity contribution in [1.82, 2.24) is 0 Å². The molecule has 1 aliphatic rings. The minimum absolute atomic E-state index is 0.126. The summed E-state index contributed by atoms with van der Waals surface area (Å²) in [5.41, 5.74) is 0.722. The summed E-state index contributed by atoms with van der Waals surface area (Å²) in [6.07, 6.45) is 7.52. The summed E-state index contributed by atoms with van der Waals surface area (Å²) in [5.74, 6) is -1.49. The highest BCUT2D eigenvalue weighted by atomic mass is 16.4. The van der Waals surface area contributed by atoms with Crippen molar-refractivity contribution in [3.8, 4) is 0 Å². The van der Waals surface area contributed by atoms with Crippen LogP contribution in [0.15, 0.2) is 18.2 Å². The average molecular weight is 276 g/mol. The van der Waals surface area contributed by atoms with Gasteiger partial charge in [-0.05, 0) is 36.5 Å². The van der Waals surface area contributed by atoms with Crippen molar-refractivity contribution in [1.29, 1.82) is 0 Å². The van der Waals surface area contributed by atoms with Crippen LogP contribution in [0.4, 0.5) is 0 Å². The first-order chi connectivity index (χ1) is 9.59. The highest BCUT2D eigenvalue weighted by Crippen LogP contribution is 2.29. The van der Waals surface area contributed by atoms with Gasteiger partial charge in [-0.25, -0.2) is 9.59 Å². The van der Waals surface area contributed by atoms with E-state index in [1.54, 1.807) is 0 Å². The standard InChI is InChI=1S/C16H20O4/c17-15(18)13-7-4-8-14(16(19)20)12(13)10-9-11-5-2-1-3-6-11/h4,7-8,11H,1-3,5-6,9-10H2,(H,17,18)(H,19,20). The van der Waals surface area contributed by atoms with Crippen LogP contribution in [-0.2, 0) is 6.42 Å². The Morgan fingerprint density at radius 3 is 2.05 bits per heavy atom. The van der Waals surface area contributed by atoms with Crippen LogP contribution in [0, 0.1) is 5.92 Å². The fourth-order valence-corrected chi connectivity index (χ4v) is 3.08. The summed E-state index contributed by atoms with van der Waals surface area (Å²) in [7, 11) is 0. The molecule has 0 spiro atoms. The average Bonchev–Trinajstić information content (AvgIpc) is 2.45. The molecular weight excluding hydrogens is 256 g/mol. The van der Waals surface area contributed by atoms with E-state index in [9.17, 15) is 19.8 Å². The Balaban J connectivity index is 2.19. The second-order valence-electron chi connectivity index (χ2n) is 5.48. The van der Waals surface area contributed by atoms with Gasteiger partial charge in [0.2, 0.25) is 0 Å². The molecule has 0 aliphatic heterocycles. The first kappa shape index (κ1) is 14.6. The van der Waals surface area contributed by atoms with Crippen molar-refractivity contribution >= 4 is 11.9 Å². The number of hydrogen-bond acceptors (Lipinski definition) is 2. The highest BCUT2D eigenvalue weighted by molar-refractivity contribution is 5.96. The fourth-order valence-electron chi connectivity index (χ4n) is 3.08. The smallest absolute Gasteiger partial charge is 0.335 e. The Morgan fingerprint density at radius 2 is 1.55 bits per heavy atom. The van der Waals surface area contributed by atoms with Gasteiger partial charge in [-0.15, -0.1) is 0 Å². The molecule has 4 heteroatoms. The van der Waals surface area contributed by atoms with Crippen molar-refractivity contribution in [3.63, 3.8) is 0 Å². The van der Waals surface area contributed by atoms with Crippen molar-refractivity contribution in [2.24, 2.45) is 5.92 Å². The zero-order chi connectivity index (χ0) is 14.5. The molecule has 0 radical (unpaired) electrons. The maximum Gasteiger partial charge on any atom is 0.335 e. The molecule has 4 nitrogen and oxygen atoms in total. The summed E-state index contributed by atoms with van der Waals surface area (Å²) in [5, 5.41) is 18.4. The molecule has 1 saturated carbocycles. The number of aromatic carboxylic acids is 2. The summed E-state index contributed by atoms with van der Waals surface area (Å²) in [6, 6.07) is 4.48. The van der Waals surface area contributed by atoms with Gasteiger partial charge in [0.15, 0.2) is 0 Å². The van der Waals surface area contributed by atoms with Crippen molar-refractivity contribution in [2.75, 3.05) is 0 Å². The molecule has 1 aliphatic carbocycles. The monoisotopic (exact) mass is 276 g/mol. The summed E-state index contributed by atoms with van der Waals surface area (Å²) in [4.78, 5) is 22.5. The van der Waals surface area contributed by atoms with Crippen LogP contribution < -0.4 is 0 Å². The van der Waals surface area contributed by atoms with E-state index >= 15 is 0 Å². The molecule has 20 heavy (non-hydrogen) atoms. The van der Waals surface area contributed by atoms with Crippen LogP contribution in [0.5, 0.6) is 0 Å². The topological polar surface area (TPSA) is 74.6 Å². The van der Waals surface area contributed by atoms with Gasteiger partial charge in [0.25, 0.3) is 0 Å². The van der Waals surface area contributed by atoms with Gasteiger partial charge in [-0.2, -0.15) is 0 Å². The second kappa shape index (κ2) is 6.55. The fraction of sp³-hybridized carbons (Fsp3) is 0.500. The molecular formula is C16H20O4. The van der Waals surface area contributed by atoms with E-state index in [4.69, 9.17) is 0 Å². The Morgan fingerprint density at radius 1 is 1.00 bits per heavy atom. The van der Waals surface area contributed by atoms with Crippen LogP contribution in [-0.4, -0.2) is 22.2 Å². The number of hydrogen-bond donors (Lipinski definition) is 2. The molecule has 2 N–H and O–H groups in total. The zero-order valence-electron chi connectivity index (χ0n) is 11.5.